The third-order valence-electron chi connectivity index (χ3n) is 4.21. The second-order valence-corrected chi connectivity index (χ2v) is 6.57. The van der Waals surface area contributed by atoms with Crippen LogP contribution in [0.2, 0.25) is 0 Å². The van der Waals surface area contributed by atoms with E-state index in [1.165, 1.54) is 35.9 Å². The predicted molar refractivity (Wildman–Crippen MR) is 105 cm³/mol. The number of hydrogen-bond acceptors (Lipinski definition) is 5. The number of carbonyl (C=O) groups is 1. The first-order valence-corrected chi connectivity index (χ1v) is 9.16. The molecule has 0 fully saturated rings. The van der Waals surface area contributed by atoms with E-state index in [0.29, 0.717) is 5.82 Å². The molecule has 3 rings (SSSR count). The van der Waals surface area contributed by atoms with Gasteiger partial charge in [-0.05, 0) is 45.0 Å². The van der Waals surface area contributed by atoms with Crippen molar-refractivity contribution in [2.24, 2.45) is 0 Å². The second kappa shape index (κ2) is 8.68. The molecule has 3 aromatic rings. The van der Waals surface area contributed by atoms with Crippen molar-refractivity contribution >= 4 is 5.91 Å². The molecule has 152 valence electrons. The monoisotopic (exact) mass is 399 g/mol. The van der Waals surface area contributed by atoms with Crippen molar-refractivity contribution in [3.05, 3.63) is 70.0 Å². The minimum Gasteiger partial charge on any atom is -0.478 e. The summed E-state index contributed by atoms with van der Waals surface area (Å²) >= 11 is 0. The van der Waals surface area contributed by atoms with Gasteiger partial charge in [-0.2, -0.15) is 5.10 Å². The van der Waals surface area contributed by atoms with Crippen LogP contribution in [0.3, 0.4) is 0 Å². The Hall–Kier alpha value is -3.49. The van der Waals surface area contributed by atoms with Crippen molar-refractivity contribution in [2.75, 3.05) is 6.54 Å². The quantitative estimate of drug-likeness (QED) is 0.654. The summed E-state index contributed by atoms with van der Waals surface area (Å²) in [4.78, 5) is 24.3. The maximum atomic E-state index is 13.6. The highest BCUT2D eigenvalue weighted by molar-refractivity contribution is 5.80. The number of hydrogen-bond donors (Lipinski definition) is 1. The van der Waals surface area contributed by atoms with Gasteiger partial charge in [-0.25, -0.2) is 13.8 Å². The van der Waals surface area contributed by atoms with Crippen LogP contribution in [0, 0.1) is 19.7 Å². The molecular formula is C20H22FN5O3. The first kappa shape index (κ1) is 20.2. The van der Waals surface area contributed by atoms with E-state index in [1.54, 1.807) is 16.8 Å². The van der Waals surface area contributed by atoms with Crippen LogP contribution in [0.15, 0.2) is 47.3 Å². The smallest absolute Gasteiger partial charge is 0.266 e. The van der Waals surface area contributed by atoms with Crippen LogP contribution in [0.4, 0.5) is 4.39 Å². The van der Waals surface area contributed by atoms with Gasteiger partial charge in [0, 0.05) is 18.3 Å². The Morgan fingerprint density at radius 2 is 1.97 bits per heavy atom. The summed E-state index contributed by atoms with van der Waals surface area (Å²) in [6, 6.07) is 10.8. The number of aromatic nitrogens is 4. The Balaban J connectivity index is 1.60. The number of aryl methyl sites for hydroxylation is 2. The number of ether oxygens (including phenoxy) is 1. The molecule has 29 heavy (non-hydrogen) atoms. The first-order valence-electron chi connectivity index (χ1n) is 9.16. The zero-order chi connectivity index (χ0) is 21.0. The number of para-hydroxylation sites is 1. The summed E-state index contributed by atoms with van der Waals surface area (Å²) in [7, 11) is 0. The molecule has 2 heterocycles. The molecule has 1 atom stereocenters. The van der Waals surface area contributed by atoms with E-state index in [0.717, 1.165) is 11.4 Å². The van der Waals surface area contributed by atoms with Crippen LogP contribution in [-0.2, 0) is 11.3 Å². The summed E-state index contributed by atoms with van der Waals surface area (Å²) < 4.78 is 21.9. The predicted octanol–water partition coefficient (Wildman–Crippen LogP) is 1.77. The molecule has 0 aliphatic rings. The number of amides is 1. The van der Waals surface area contributed by atoms with Gasteiger partial charge >= 0.3 is 0 Å². The molecular weight excluding hydrogens is 377 g/mol. The molecule has 0 saturated heterocycles. The molecule has 1 N–H and O–H groups in total. The molecule has 8 nitrogen and oxygen atoms in total. The first-order chi connectivity index (χ1) is 13.8. The number of nitrogens with zero attached hydrogens (tertiary/aromatic N) is 4. The lowest BCUT2D eigenvalue weighted by Gasteiger charge is -2.15. The largest absolute Gasteiger partial charge is 0.478 e. The lowest BCUT2D eigenvalue weighted by atomic mass is 10.3. The minimum atomic E-state index is -0.891. The zero-order valence-corrected chi connectivity index (χ0v) is 16.4. The van der Waals surface area contributed by atoms with Crippen LogP contribution in [0.5, 0.6) is 5.75 Å². The van der Waals surface area contributed by atoms with Crippen LogP contribution < -0.4 is 15.6 Å². The van der Waals surface area contributed by atoms with Crippen LogP contribution >= 0.6 is 0 Å². The summed E-state index contributed by atoms with van der Waals surface area (Å²) in [6.45, 7) is 5.63. The SMILES string of the molecule is Cc1cc(C)n(-c2ccc(=O)n(CCNC(=O)[C@H](C)Oc3ccccc3F)n2)n1. The molecule has 0 saturated carbocycles. The molecule has 1 aromatic carbocycles. The molecule has 0 unspecified atom stereocenters. The lowest BCUT2D eigenvalue weighted by molar-refractivity contribution is -0.127. The van der Waals surface area contributed by atoms with Gasteiger partial charge in [0.2, 0.25) is 0 Å². The van der Waals surface area contributed by atoms with Gasteiger partial charge in [0.25, 0.3) is 11.5 Å². The van der Waals surface area contributed by atoms with Crippen molar-refractivity contribution in [1.29, 1.82) is 0 Å². The van der Waals surface area contributed by atoms with Gasteiger partial charge in [0.05, 0.1) is 12.2 Å². The molecule has 0 aliphatic carbocycles. The standard InChI is InChI=1S/C20H22FN5O3/c1-13-12-14(2)26(23-13)18-8-9-19(27)25(24-18)11-10-22-20(28)15(3)29-17-7-5-4-6-16(17)21/h4-9,12,15H,10-11H2,1-3H3,(H,22,28)/t15-/m0/s1. The highest BCUT2D eigenvalue weighted by atomic mass is 19.1. The molecule has 0 spiro atoms. The van der Waals surface area contributed by atoms with Gasteiger partial charge in [0.1, 0.15) is 0 Å². The molecule has 0 bridgehead atoms. The molecule has 0 aliphatic heterocycles. The van der Waals surface area contributed by atoms with Crippen LogP contribution in [0.25, 0.3) is 5.82 Å². The fraction of sp³-hybridized carbons (Fsp3) is 0.300. The third-order valence-corrected chi connectivity index (χ3v) is 4.21. The Morgan fingerprint density at radius 1 is 1.21 bits per heavy atom. The van der Waals surface area contributed by atoms with E-state index in [1.807, 2.05) is 19.9 Å². The van der Waals surface area contributed by atoms with Gasteiger partial charge in [-0.1, -0.05) is 12.1 Å². The number of nitrogens with one attached hydrogen (secondary N) is 1. The summed E-state index contributed by atoms with van der Waals surface area (Å²) in [6.07, 6.45) is -0.891. The van der Waals surface area contributed by atoms with Crippen molar-refractivity contribution in [2.45, 2.75) is 33.4 Å². The van der Waals surface area contributed by atoms with Gasteiger partial charge < -0.3 is 10.1 Å². The number of benzene rings is 1. The average Bonchev–Trinajstić information content (AvgIpc) is 3.03. The number of rotatable bonds is 7. The van der Waals surface area contributed by atoms with Crippen molar-refractivity contribution in [3.8, 4) is 11.6 Å². The summed E-state index contributed by atoms with van der Waals surface area (Å²) in [5.41, 5.74) is 1.45. The third kappa shape index (κ3) is 4.87. The van der Waals surface area contributed by atoms with E-state index in [9.17, 15) is 14.0 Å². The van der Waals surface area contributed by atoms with E-state index >= 15 is 0 Å². The maximum Gasteiger partial charge on any atom is 0.266 e. The van der Waals surface area contributed by atoms with Gasteiger partial charge in [-0.3, -0.25) is 9.59 Å². The van der Waals surface area contributed by atoms with Crippen molar-refractivity contribution in [3.63, 3.8) is 0 Å². The molecule has 2 aromatic heterocycles. The van der Waals surface area contributed by atoms with E-state index in [2.05, 4.69) is 15.5 Å². The van der Waals surface area contributed by atoms with E-state index in [-0.39, 0.29) is 24.4 Å². The van der Waals surface area contributed by atoms with E-state index < -0.39 is 17.8 Å². The van der Waals surface area contributed by atoms with Gasteiger partial charge in [-0.15, -0.1) is 5.10 Å². The van der Waals surface area contributed by atoms with Crippen molar-refractivity contribution < 1.29 is 13.9 Å². The maximum absolute atomic E-state index is 13.6. The Labute approximate surface area is 166 Å². The molecule has 0 radical (unpaired) electrons. The van der Waals surface area contributed by atoms with Gasteiger partial charge in [0.15, 0.2) is 23.5 Å². The number of carbonyl (C=O) groups excluding carboxylic acids is 1. The highest BCUT2D eigenvalue weighted by Gasteiger charge is 2.16. The molecule has 9 heteroatoms. The Morgan fingerprint density at radius 3 is 2.66 bits per heavy atom. The van der Waals surface area contributed by atoms with Crippen LogP contribution in [0.1, 0.15) is 18.3 Å². The molecule has 1 amide bonds. The normalized spacial score (nSPS) is 11.9. The summed E-state index contributed by atoms with van der Waals surface area (Å²) in [5.74, 6) is -0.441. The number of halogens is 1. The highest BCUT2D eigenvalue weighted by Crippen LogP contribution is 2.16. The fourth-order valence-corrected chi connectivity index (χ4v) is 2.79. The summed E-state index contributed by atoms with van der Waals surface area (Å²) in [5, 5.41) is 11.3. The Kier molecular flexibility index (Phi) is 6.06. The van der Waals surface area contributed by atoms with E-state index in [4.69, 9.17) is 4.74 Å². The average molecular weight is 399 g/mol. The van der Waals surface area contributed by atoms with Crippen molar-refractivity contribution in [1.82, 2.24) is 24.9 Å². The Bertz CT molecular complexity index is 1080. The second-order valence-electron chi connectivity index (χ2n) is 6.57. The minimum absolute atomic E-state index is 0.00521. The lowest BCUT2D eigenvalue weighted by Crippen LogP contribution is -2.39. The topological polar surface area (TPSA) is 91.0 Å². The fourth-order valence-electron chi connectivity index (χ4n) is 2.79. The van der Waals surface area contributed by atoms with Crippen LogP contribution in [-0.4, -0.2) is 38.1 Å². The zero-order valence-electron chi connectivity index (χ0n) is 16.4.